The lowest BCUT2D eigenvalue weighted by Gasteiger charge is -2.04. The van der Waals surface area contributed by atoms with Crippen LogP contribution in [0.25, 0.3) is 0 Å². The van der Waals surface area contributed by atoms with Crippen molar-refractivity contribution >= 4 is 37.9 Å². The molecule has 0 aromatic carbocycles. The van der Waals surface area contributed by atoms with Crippen molar-refractivity contribution in [1.29, 1.82) is 0 Å². The minimum Gasteiger partial charge on any atom is -0.260 e. The van der Waals surface area contributed by atoms with Gasteiger partial charge in [-0.25, -0.2) is 0 Å². The van der Waals surface area contributed by atoms with Gasteiger partial charge in [0.2, 0.25) is 0 Å². The van der Waals surface area contributed by atoms with E-state index in [9.17, 15) is 0 Å². The smallest absolute Gasteiger partial charge is 0.0540 e. The third kappa shape index (κ3) is 2.34. The van der Waals surface area contributed by atoms with Gasteiger partial charge in [-0.2, -0.15) is 37.9 Å². The fourth-order valence-electron chi connectivity index (χ4n) is 0.954. The first kappa shape index (κ1) is 10.3. The maximum atomic E-state index is 4.26. The van der Waals surface area contributed by atoms with Gasteiger partial charge in [0.1, 0.15) is 0 Å². The van der Waals surface area contributed by atoms with Crippen LogP contribution >= 0.6 is 37.9 Å². The molecule has 0 amide bonds. The molecule has 0 spiro atoms. The van der Waals surface area contributed by atoms with Gasteiger partial charge in [0.05, 0.1) is 5.69 Å². The minimum atomic E-state index is 0.669. The van der Waals surface area contributed by atoms with Crippen molar-refractivity contribution in [3.63, 3.8) is 0 Å². The molecule has 1 heterocycles. The summed E-state index contributed by atoms with van der Waals surface area (Å²) in [5, 5.41) is 0. The third-order valence-electron chi connectivity index (χ3n) is 1.62. The fraction of sp³-hybridized carbons (Fsp3) is 0.375. The van der Waals surface area contributed by atoms with Gasteiger partial charge in [-0.15, -0.1) is 0 Å². The van der Waals surface area contributed by atoms with Crippen molar-refractivity contribution in [3.8, 4) is 0 Å². The van der Waals surface area contributed by atoms with Crippen molar-refractivity contribution < 1.29 is 0 Å². The summed E-state index contributed by atoms with van der Waals surface area (Å²) in [6.07, 6.45) is 1.84. The second-order valence-electron chi connectivity index (χ2n) is 2.42. The number of hydrogen-bond acceptors (Lipinski definition) is 4. The number of pyridine rings is 1. The monoisotopic (exact) mass is 217 g/mol. The molecule has 0 fully saturated rings. The lowest BCUT2D eigenvalue weighted by atomic mass is 10.2. The Labute approximate surface area is 89.2 Å². The van der Waals surface area contributed by atoms with E-state index in [1.807, 2.05) is 6.20 Å². The summed E-state index contributed by atoms with van der Waals surface area (Å²) in [6, 6.07) is 2.08. The third-order valence-corrected chi connectivity index (χ3v) is 2.62. The standard InChI is InChI=1S/C8H11NS3/c10-3-6-1-7(4-11)8(5-12)9-2-6/h1-2,10-12H,3-5H2. The van der Waals surface area contributed by atoms with Crippen molar-refractivity contribution in [2.45, 2.75) is 17.3 Å². The molecule has 0 aliphatic heterocycles. The molecule has 0 saturated heterocycles. The summed E-state index contributed by atoms with van der Waals surface area (Å²) in [7, 11) is 0. The predicted octanol–water partition coefficient (Wildman–Crippen LogP) is 2.37. The Hall–Kier alpha value is 0.200. The molecule has 1 aromatic heterocycles. The Kier molecular flexibility index (Phi) is 4.32. The molecule has 4 heteroatoms. The number of rotatable bonds is 3. The summed E-state index contributed by atoms with van der Waals surface area (Å²) in [4.78, 5) is 4.26. The molecular weight excluding hydrogens is 206 g/mol. The Bertz CT molecular complexity index is 262. The van der Waals surface area contributed by atoms with E-state index in [1.54, 1.807) is 0 Å². The SMILES string of the molecule is SCc1cnc(CS)c(CS)c1. The van der Waals surface area contributed by atoms with Gasteiger partial charge in [-0.05, 0) is 11.1 Å². The zero-order valence-corrected chi connectivity index (χ0v) is 9.25. The predicted molar refractivity (Wildman–Crippen MR) is 62.3 cm³/mol. The molecule has 1 nitrogen and oxygen atoms in total. The van der Waals surface area contributed by atoms with E-state index in [0.717, 1.165) is 22.6 Å². The van der Waals surface area contributed by atoms with Crippen LogP contribution in [0.1, 0.15) is 16.8 Å². The maximum Gasteiger partial charge on any atom is 0.0540 e. The molecule has 0 bridgehead atoms. The zero-order valence-electron chi connectivity index (χ0n) is 6.56. The van der Waals surface area contributed by atoms with Crippen LogP contribution in [0.15, 0.2) is 12.3 Å². The summed E-state index contributed by atoms with van der Waals surface area (Å²) < 4.78 is 0. The average molecular weight is 217 g/mol. The Morgan fingerprint density at radius 3 is 2.33 bits per heavy atom. The van der Waals surface area contributed by atoms with Gasteiger partial charge in [0, 0.05) is 23.5 Å². The zero-order chi connectivity index (χ0) is 8.97. The van der Waals surface area contributed by atoms with Gasteiger partial charge in [0.25, 0.3) is 0 Å². The van der Waals surface area contributed by atoms with Crippen LogP contribution in [-0.2, 0) is 17.3 Å². The van der Waals surface area contributed by atoms with E-state index in [0.29, 0.717) is 11.5 Å². The van der Waals surface area contributed by atoms with Crippen LogP contribution in [0.4, 0.5) is 0 Å². The maximum absolute atomic E-state index is 4.26. The van der Waals surface area contributed by atoms with E-state index >= 15 is 0 Å². The molecule has 0 radical (unpaired) electrons. The average Bonchev–Trinajstić information content (AvgIpc) is 2.16. The molecule has 1 aromatic rings. The van der Waals surface area contributed by atoms with Crippen molar-refractivity contribution in [3.05, 3.63) is 29.1 Å². The van der Waals surface area contributed by atoms with E-state index in [-0.39, 0.29) is 0 Å². The van der Waals surface area contributed by atoms with Crippen LogP contribution in [0.5, 0.6) is 0 Å². The first-order chi connectivity index (χ1) is 5.81. The van der Waals surface area contributed by atoms with E-state index in [2.05, 4.69) is 48.9 Å². The van der Waals surface area contributed by atoms with Crippen LogP contribution in [0.3, 0.4) is 0 Å². The minimum absolute atomic E-state index is 0.669. The van der Waals surface area contributed by atoms with Crippen LogP contribution in [-0.4, -0.2) is 4.98 Å². The van der Waals surface area contributed by atoms with Crippen LogP contribution < -0.4 is 0 Å². The normalized spacial score (nSPS) is 10.2. The molecule has 0 aliphatic carbocycles. The molecule has 0 N–H and O–H groups in total. The molecule has 66 valence electrons. The van der Waals surface area contributed by atoms with E-state index in [1.165, 1.54) is 0 Å². The number of hydrogen-bond donors (Lipinski definition) is 3. The highest BCUT2D eigenvalue weighted by molar-refractivity contribution is 7.79. The van der Waals surface area contributed by atoms with Crippen LogP contribution in [0, 0.1) is 0 Å². The summed E-state index contributed by atoms with van der Waals surface area (Å²) in [5.41, 5.74) is 3.30. The van der Waals surface area contributed by atoms with Crippen molar-refractivity contribution in [1.82, 2.24) is 4.98 Å². The second-order valence-corrected chi connectivity index (χ2v) is 3.37. The Balaban J connectivity index is 3.02. The topological polar surface area (TPSA) is 12.9 Å². The van der Waals surface area contributed by atoms with Crippen molar-refractivity contribution in [2.75, 3.05) is 0 Å². The largest absolute Gasteiger partial charge is 0.260 e. The quantitative estimate of drug-likeness (QED) is 0.661. The highest BCUT2D eigenvalue weighted by Gasteiger charge is 2.01. The van der Waals surface area contributed by atoms with Crippen molar-refractivity contribution in [2.24, 2.45) is 0 Å². The molecule has 0 unspecified atom stereocenters. The molecule has 0 aliphatic rings. The first-order valence-electron chi connectivity index (χ1n) is 3.61. The number of thiol groups is 3. The van der Waals surface area contributed by atoms with E-state index in [4.69, 9.17) is 0 Å². The summed E-state index contributed by atoms with van der Waals surface area (Å²) >= 11 is 12.6. The van der Waals surface area contributed by atoms with Gasteiger partial charge in [-0.3, -0.25) is 4.98 Å². The molecule has 12 heavy (non-hydrogen) atoms. The highest BCUT2D eigenvalue weighted by atomic mass is 32.1. The number of nitrogens with zero attached hydrogens (tertiary/aromatic N) is 1. The molecule has 1 rings (SSSR count). The summed E-state index contributed by atoms with van der Waals surface area (Å²) in [6.45, 7) is 0. The molecular formula is C8H11NS3. The van der Waals surface area contributed by atoms with Crippen LogP contribution in [0.2, 0.25) is 0 Å². The van der Waals surface area contributed by atoms with Gasteiger partial charge >= 0.3 is 0 Å². The number of aromatic nitrogens is 1. The van der Waals surface area contributed by atoms with E-state index < -0.39 is 0 Å². The summed E-state index contributed by atoms with van der Waals surface area (Å²) in [5.74, 6) is 2.11. The second kappa shape index (κ2) is 5.04. The van der Waals surface area contributed by atoms with Gasteiger partial charge in [-0.1, -0.05) is 6.07 Å². The molecule has 0 atom stereocenters. The Morgan fingerprint density at radius 2 is 1.83 bits per heavy atom. The lowest BCUT2D eigenvalue weighted by Crippen LogP contribution is -1.94. The molecule has 0 saturated carbocycles. The van der Waals surface area contributed by atoms with Gasteiger partial charge < -0.3 is 0 Å². The highest BCUT2D eigenvalue weighted by Crippen LogP contribution is 2.14. The van der Waals surface area contributed by atoms with Gasteiger partial charge in [0.15, 0.2) is 0 Å². The Morgan fingerprint density at radius 1 is 1.08 bits per heavy atom. The first-order valence-corrected chi connectivity index (χ1v) is 5.50. The fourth-order valence-corrected chi connectivity index (χ4v) is 1.69. The lowest BCUT2D eigenvalue weighted by molar-refractivity contribution is 1.10.